The van der Waals surface area contributed by atoms with Crippen molar-refractivity contribution in [2.45, 2.75) is 18.6 Å². The molecule has 0 spiro atoms. The topological polar surface area (TPSA) is 111 Å². The molecule has 9 heteroatoms. The number of nitro groups is 1. The molecule has 1 fully saturated rings. The van der Waals surface area contributed by atoms with E-state index in [9.17, 15) is 14.9 Å². The van der Waals surface area contributed by atoms with Crippen molar-refractivity contribution in [1.82, 2.24) is 0 Å². The highest BCUT2D eigenvalue weighted by molar-refractivity contribution is 7.10. The Kier molecular flexibility index (Phi) is 5.15. The largest absolute Gasteiger partial charge is 0.441 e. The number of hydrazine groups is 1. The number of hydrogen-bond acceptors (Lipinski definition) is 7. The van der Waals surface area contributed by atoms with Gasteiger partial charge in [-0.15, -0.1) is 11.3 Å². The first-order valence-corrected chi connectivity index (χ1v) is 9.79. The zero-order valence-corrected chi connectivity index (χ0v) is 16.0. The number of nitro benzene ring substituents is 1. The summed E-state index contributed by atoms with van der Waals surface area (Å²) in [5.74, 6) is 5.42. The van der Waals surface area contributed by atoms with Crippen LogP contribution in [0.4, 0.5) is 21.9 Å². The van der Waals surface area contributed by atoms with Crippen LogP contribution in [-0.4, -0.2) is 11.0 Å². The number of nitrogens with zero attached hydrogens (tertiary/aromatic N) is 2. The van der Waals surface area contributed by atoms with E-state index in [4.69, 9.17) is 10.6 Å². The molecule has 4 rings (SSSR count). The number of amides is 1. The second-order valence-corrected chi connectivity index (χ2v) is 7.53. The van der Waals surface area contributed by atoms with Crippen molar-refractivity contribution in [2.24, 2.45) is 5.84 Å². The Morgan fingerprint density at radius 2 is 1.86 bits per heavy atom. The van der Waals surface area contributed by atoms with Gasteiger partial charge in [0.2, 0.25) is 0 Å². The average Bonchev–Trinajstić information content (AvgIpc) is 3.28. The van der Waals surface area contributed by atoms with Crippen molar-refractivity contribution in [3.05, 3.63) is 86.6 Å². The van der Waals surface area contributed by atoms with Crippen molar-refractivity contribution < 1.29 is 14.5 Å². The minimum absolute atomic E-state index is 0.0294. The minimum Gasteiger partial charge on any atom is -0.441 e. The summed E-state index contributed by atoms with van der Waals surface area (Å²) in [5.41, 5.74) is 4.74. The Morgan fingerprint density at radius 1 is 1.14 bits per heavy atom. The monoisotopic (exact) mass is 410 g/mol. The maximum Gasteiger partial charge on any atom is 0.415 e. The first-order chi connectivity index (χ1) is 14.1. The molecule has 3 N–H and O–H groups in total. The number of benzene rings is 2. The second kappa shape index (κ2) is 7.90. The Bertz CT molecular complexity index is 1010. The molecule has 1 saturated heterocycles. The highest BCUT2D eigenvalue weighted by atomic mass is 32.1. The maximum absolute atomic E-state index is 13.0. The number of non-ortho nitro benzene ring substituents is 1. The first kappa shape index (κ1) is 18.9. The van der Waals surface area contributed by atoms with E-state index in [1.165, 1.54) is 12.1 Å². The second-order valence-electron chi connectivity index (χ2n) is 6.55. The van der Waals surface area contributed by atoms with Crippen LogP contribution < -0.4 is 16.2 Å². The van der Waals surface area contributed by atoms with Gasteiger partial charge in [-0.1, -0.05) is 18.2 Å². The predicted molar refractivity (Wildman–Crippen MR) is 111 cm³/mol. The highest BCUT2D eigenvalue weighted by Gasteiger charge is 2.38. The first-order valence-electron chi connectivity index (χ1n) is 8.91. The molecule has 1 aliphatic rings. The summed E-state index contributed by atoms with van der Waals surface area (Å²) in [5, 5.41) is 12.9. The van der Waals surface area contributed by atoms with Crippen LogP contribution in [0.5, 0.6) is 0 Å². The number of hydrogen-bond donors (Lipinski definition) is 2. The Morgan fingerprint density at radius 3 is 2.45 bits per heavy atom. The third-order valence-electron chi connectivity index (χ3n) is 4.85. The number of nitrogens with one attached hydrogen (secondary N) is 1. The molecule has 8 nitrogen and oxygen atoms in total. The number of rotatable bonds is 5. The van der Waals surface area contributed by atoms with E-state index in [1.54, 1.807) is 28.4 Å². The van der Waals surface area contributed by atoms with E-state index in [0.717, 1.165) is 16.1 Å². The van der Waals surface area contributed by atoms with Gasteiger partial charge in [-0.2, -0.15) is 0 Å². The van der Waals surface area contributed by atoms with E-state index < -0.39 is 17.1 Å². The lowest BCUT2D eigenvalue weighted by molar-refractivity contribution is -0.384. The predicted octanol–water partition coefficient (Wildman–Crippen LogP) is 4.77. The maximum atomic E-state index is 13.0. The molecule has 29 heavy (non-hydrogen) atoms. The smallest absolute Gasteiger partial charge is 0.415 e. The molecule has 2 atom stereocenters. The van der Waals surface area contributed by atoms with Crippen LogP contribution in [0.25, 0.3) is 0 Å². The standard InChI is InChI=1S/C20H18N4O4S/c21-22-14-5-3-13(4-6-14)18-12-17(19-2-1-11-29-19)23(20(25)28-18)15-7-9-16(10-8-15)24(26)27/h1-11,17-18,22H,12,21H2/t17-,18+/m1/s1. The van der Waals surface area contributed by atoms with Crippen LogP contribution in [0.1, 0.15) is 29.0 Å². The molecule has 1 amide bonds. The number of nitrogen functional groups attached to an aromatic ring is 1. The zero-order valence-electron chi connectivity index (χ0n) is 15.2. The van der Waals surface area contributed by atoms with E-state index in [1.807, 2.05) is 41.8 Å². The fraction of sp³-hybridized carbons (Fsp3) is 0.150. The third-order valence-corrected chi connectivity index (χ3v) is 5.82. The lowest BCUT2D eigenvalue weighted by atomic mass is 9.97. The number of carbonyl (C=O) groups is 1. The van der Waals surface area contributed by atoms with Crippen molar-refractivity contribution >= 4 is 34.5 Å². The van der Waals surface area contributed by atoms with Gasteiger partial charge in [0.05, 0.1) is 11.0 Å². The van der Waals surface area contributed by atoms with Gasteiger partial charge in [-0.3, -0.25) is 20.9 Å². The fourth-order valence-electron chi connectivity index (χ4n) is 3.40. The molecule has 0 radical (unpaired) electrons. The highest BCUT2D eigenvalue weighted by Crippen LogP contribution is 2.43. The lowest BCUT2D eigenvalue weighted by Gasteiger charge is -2.38. The van der Waals surface area contributed by atoms with Gasteiger partial charge in [-0.25, -0.2) is 4.79 Å². The summed E-state index contributed by atoms with van der Waals surface area (Å²) < 4.78 is 5.73. The number of carbonyl (C=O) groups excluding carboxylic acids is 1. The van der Waals surface area contributed by atoms with E-state index in [0.29, 0.717) is 12.1 Å². The van der Waals surface area contributed by atoms with Crippen molar-refractivity contribution in [2.75, 3.05) is 10.3 Å². The summed E-state index contributed by atoms with van der Waals surface area (Å²) in [7, 11) is 0. The van der Waals surface area contributed by atoms with E-state index in [-0.39, 0.29) is 11.7 Å². The van der Waals surface area contributed by atoms with Crippen LogP contribution >= 0.6 is 11.3 Å². The molecule has 0 aliphatic carbocycles. The van der Waals surface area contributed by atoms with Gasteiger partial charge in [0.1, 0.15) is 6.10 Å². The van der Waals surface area contributed by atoms with Crippen LogP contribution in [0, 0.1) is 10.1 Å². The molecule has 3 aromatic rings. The summed E-state index contributed by atoms with van der Waals surface area (Å²) in [6.45, 7) is 0. The minimum atomic E-state index is -0.491. The summed E-state index contributed by atoms with van der Waals surface area (Å²) >= 11 is 1.56. The molecule has 2 heterocycles. The molecule has 1 aromatic heterocycles. The van der Waals surface area contributed by atoms with Gasteiger partial charge >= 0.3 is 6.09 Å². The summed E-state index contributed by atoms with van der Waals surface area (Å²) in [6, 6.07) is 17.0. The normalized spacial score (nSPS) is 18.9. The molecule has 0 bridgehead atoms. The van der Waals surface area contributed by atoms with Gasteiger partial charge in [-0.05, 0) is 41.3 Å². The molecular weight excluding hydrogens is 392 g/mol. The van der Waals surface area contributed by atoms with Crippen molar-refractivity contribution in [1.29, 1.82) is 0 Å². The number of anilines is 2. The molecule has 0 unspecified atom stereocenters. The van der Waals surface area contributed by atoms with Crippen LogP contribution in [0.2, 0.25) is 0 Å². The third kappa shape index (κ3) is 3.78. The van der Waals surface area contributed by atoms with Gasteiger partial charge in [0.25, 0.3) is 5.69 Å². The van der Waals surface area contributed by atoms with E-state index in [2.05, 4.69) is 5.43 Å². The zero-order chi connectivity index (χ0) is 20.4. The SMILES string of the molecule is NNc1ccc([C@@H]2C[C@H](c3cccs3)N(c3ccc([N+](=O)[O-])cc3)C(=O)O2)cc1. The van der Waals surface area contributed by atoms with Gasteiger partial charge in [0.15, 0.2) is 0 Å². The van der Waals surface area contributed by atoms with Crippen LogP contribution in [-0.2, 0) is 4.74 Å². The molecule has 0 saturated carbocycles. The summed E-state index contributed by atoms with van der Waals surface area (Å²) in [6.07, 6.45) is -0.344. The number of cyclic esters (lactones) is 1. The van der Waals surface area contributed by atoms with Crippen molar-refractivity contribution in [3.8, 4) is 0 Å². The summed E-state index contributed by atoms with van der Waals surface area (Å²) in [4.78, 5) is 26.0. The van der Waals surface area contributed by atoms with Crippen molar-refractivity contribution in [3.63, 3.8) is 0 Å². The lowest BCUT2D eigenvalue weighted by Crippen LogP contribution is -2.41. The van der Waals surface area contributed by atoms with Crippen LogP contribution in [0.3, 0.4) is 0 Å². The van der Waals surface area contributed by atoms with Gasteiger partial charge in [0, 0.05) is 34.8 Å². The van der Waals surface area contributed by atoms with Gasteiger partial charge < -0.3 is 10.2 Å². The van der Waals surface area contributed by atoms with Crippen LogP contribution in [0.15, 0.2) is 66.0 Å². The molecule has 2 aromatic carbocycles. The number of thiophene rings is 1. The quantitative estimate of drug-likeness (QED) is 0.356. The average molecular weight is 410 g/mol. The van der Waals surface area contributed by atoms with E-state index >= 15 is 0 Å². The Balaban J connectivity index is 1.67. The fourth-order valence-corrected chi connectivity index (χ4v) is 4.23. The Labute approximate surface area is 170 Å². The Hall–Kier alpha value is -3.43. The number of ether oxygens (including phenoxy) is 1. The molecular formula is C20H18N4O4S. The number of nitrogens with two attached hydrogens (primary N) is 1. The molecule has 1 aliphatic heterocycles. The molecule has 148 valence electrons.